The molecule has 3 rings (SSSR count). The first kappa shape index (κ1) is 14.5. The maximum Gasteiger partial charge on any atom is 0.311 e. The average Bonchev–Trinajstić information content (AvgIpc) is 3.08. The number of rotatable bonds is 4. The van der Waals surface area contributed by atoms with E-state index in [1.54, 1.807) is 30.6 Å². The van der Waals surface area contributed by atoms with Crippen molar-refractivity contribution in [1.82, 2.24) is 4.98 Å². The van der Waals surface area contributed by atoms with E-state index >= 15 is 0 Å². The zero-order chi connectivity index (χ0) is 15.9. The summed E-state index contributed by atoms with van der Waals surface area (Å²) in [5, 5.41) is 11.2. The third kappa shape index (κ3) is 2.42. The summed E-state index contributed by atoms with van der Waals surface area (Å²) < 4.78 is 14.1. The van der Waals surface area contributed by atoms with Gasteiger partial charge >= 0.3 is 5.97 Å². The topological polar surface area (TPSA) is 70.2 Å². The van der Waals surface area contributed by atoms with Crippen LogP contribution in [0.1, 0.15) is 21.7 Å². The highest BCUT2D eigenvalue weighted by Crippen LogP contribution is 2.33. The Morgan fingerprint density at radius 1 is 1.36 bits per heavy atom. The molecule has 6 heteroatoms. The number of carboxylic acids is 1. The lowest BCUT2D eigenvalue weighted by Gasteiger charge is -1.99. The lowest BCUT2D eigenvalue weighted by atomic mass is 10.1. The number of hydrogen-bond acceptors (Lipinski definition) is 3. The second kappa shape index (κ2) is 5.38. The fourth-order valence-corrected chi connectivity index (χ4v) is 3.20. The van der Waals surface area contributed by atoms with E-state index < -0.39 is 18.2 Å². The molecule has 2 aromatic heterocycles. The molecule has 0 unspecified atom stereocenters. The fraction of sp³-hybridized carbons (Fsp3) is 0.125. The molecule has 1 aromatic carbocycles. The van der Waals surface area contributed by atoms with Gasteiger partial charge in [-0.1, -0.05) is 12.1 Å². The number of Topliss-reactive ketones (excluding diaryl/α,β-unsaturated/α-hetero) is 1. The van der Waals surface area contributed by atoms with Crippen molar-refractivity contribution < 1.29 is 19.1 Å². The van der Waals surface area contributed by atoms with Gasteiger partial charge in [0.25, 0.3) is 0 Å². The third-order valence-electron chi connectivity index (χ3n) is 3.48. The molecule has 0 aliphatic rings. The van der Waals surface area contributed by atoms with Crippen LogP contribution >= 0.6 is 11.3 Å². The number of thiophene rings is 1. The van der Waals surface area contributed by atoms with Crippen LogP contribution in [0.5, 0.6) is 0 Å². The molecule has 0 saturated carbocycles. The van der Waals surface area contributed by atoms with Crippen molar-refractivity contribution in [3.8, 4) is 11.1 Å². The predicted molar refractivity (Wildman–Crippen MR) is 82.9 cm³/mol. The summed E-state index contributed by atoms with van der Waals surface area (Å²) >= 11 is 1.19. The number of carboxylic acid groups (broad SMARTS) is 1. The van der Waals surface area contributed by atoms with Crippen LogP contribution in [-0.2, 0) is 4.79 Å². The Morgan fingerprint density at radius 2 is 2.14 bits per heavy atom. The number of halogens is 1. The smallest absolute Gasteiger partial charge is 0.311 e. The monoisotopic (exact) mass is 317 g/mol. The highest BCUT2D eigenvalue weighted by Gasteiger charge is 2.16. The molecule has 22 heavy (non-hydrogen) atoms. The van der Waals surface area contributed by atoms with E-state index in [2.05, 4.69) is 4.98 Å². The summed E-state index contributed by atoms with van der Waals surface area (Å²) in [5.41, 5.74) is 2.55. The van der Waals surface area contributed by atoms with E-state index in [4.69, 9.17) is 5.11 Å². The van der Waals surface area contributed by atoms with Crippen LogP contribution in [0.2, 0.25) is 0 Å². The van der Waals surface area contributed by atoms with Crippen LogP contribution in [0.4, 0.5) is 4.39 Å². The highest BCUT2D eigenvalue weighted by molar-refractivity contribution is 7.12. The molecule has 0 spiro atoms. The standard InChI is InChI=1S/C16H12FNO3S/c1-8-2-3-10-11(6-18-16(10)15(8)17)9-4-13(22-7-9)12(19)5-14(20)21/h2-4,6-7,18H,5H2,1H3,(H,20,21). The number of nitrogens with one attached hydrogen (secondary N) is 1. The Labute approximate surface area is 129 Å². The predicted octanol–water partition coefficient (Wildman–Crippen LogP) is 4.00. The zero-order valence-electron chi connectivity index (χ0n) is 11.6. The molecule has 2 heterocycles. The maximum atomic E-state index is 14.1. The van der Waals surface area contributed by atoms with Crippen LogP contribution in [0.3, 0.4) is 0 Å². The molecule has 3 aromatic rings. The maximum absolute atomic E-state index is 14.1. The van der Waals surface area contributed by atoms with E-state index in [1.807, 2.05) is 6.07 Å². The van der Waals surface area contributed by atoms with Gasteiger partial charge in [0.15, 0.2) is 5.78 Å². The van der Waals surface area contributed by atoms with Crippen molar-refractivity contribution in [3.05, 3.63) is 46.0 Å². The largest absolute Gasteiger partial charge is 0.481 e. The lowest BCUT2D eigenvalue weighted by molar-refractivity contribution is -0.135. The Balaban J connectivity index is 2.02. The van der Waals surface area contributed by atoms with Gasteiger partial charge in [-0.3, -0.25) is 9.59 Å². The number of ketones is 1. The van der Waals surface area contributed by atoms with Crippen molar-refractivity contribution in [2.45, 2.75) is 13.3 Å². The average molecular weight is 317 g/mol. The molecule has 0 aliphatic carbocycles. The van der Waals surface area contributed by atoms with Crippen LogP contribution in [-0.4, -0.2) is 21.8 Å². The van der Waals surface area contributed by atoms with E-state index in [1.165, 1.54) is 11.3 Å². The van der Waals surface area contributed by atoms with Crippen LogP contribution in [0.15, 0.2) is 29.8 Å². The third-order valence-corrected chi connectivity index (χ3v) is 4.45. The summed E-state index contributed by atoms with van der Waals surface area (Å²) in [6, 6.07) is 5.18. The molecule has 0 bridgehead atoms. The number of fused-ring (bicyclic) bond motifs is 1. The Hall–Kier alpha value is -2.47. The van der Waals surface area contributed by atoms with E-state index in [9.17, 15) is 14.0 Å². The number of aliphatic carboxylic acids is 1. The SMILES string of the molecule is Cc1ccc2c(-c3csc(C(=O)CC(=O)O)c3)c[nH]c2c1F. The number of carbonyl (C=O) groups is 2. The van der Waals surface area contributed by atoms with Gasteiger partial charge in [-0.25, -0.2) is 4.39 Å². The number of H-pyrrole nitrogens is 1. The van der Waals surface area contributed by atoms with Crippen LogP contribution in [0, 0.1) is 12.7 Å². The first-order valence-corrected chi connectivity index (χ1v) is 7.45. The molecular formula is C16H12FNO3S. The van der Waals surface area contributed by atoms with Crippen molar-refractivity contribution in [2.24, 2.45) is 0 Å². The van der Waals surface area contributed by atoms with Crippen molar-refractivity contribution in [3.63, 3.8) is 0 Å². The summed E-state index contributed by atoms with van der Waals surface area (Å²) in [7, 11) is 0. The highest BCUT2D eigenvalue weighted by atomic mass is 32.1. The first-order chi connectivity index (χ1) is 10.5. The summed E-state index contributed by atoms with van der Waals surface area (Å²) in [4.78, 5) is 25.7. The fourth-order valence-electron chi connectivity index (χ4n) is 2.35. The van der Waals surface area contributed by atoms with Gasteiger partial charge in [0.1, 0.15) is 12.2 Å². The number of hydrogen-bond donors (Lipinski definition) is 2. The second-order valence-electron chi connectivity index (χ2n) is 5.01. The van der Waals surface area contributed by atoms with Crippen LogP contribution in [0.25, 0.3) is 22.0 Å². The molecule has 0 fully saturated rings. The van der Waals surface area contributed by atoms with Gasteiger partial charge in [0.05, 0.1) is 10.4 Å². The minimum Gasteiger partial charge on any atom is -0.481 e. The molecule has 112 valence electrons. The molecule has 4 nitrogen and oxygen atoms in total. The molecule has 0 aliphatic heterocycles. The summed E-state index contributed by atoms with van der Waals surface area (Å²) in [6.45, 7) is 1.70. The quantitative estimate of drug-likeness (QED) is 0.564. The minimum absolute atomic E-state index is 0.291. The van der Waals surface area contributed by atoms with Crippen molar-refractivity contribution in [1.29, 1.82) is 0 Å². The van der Waals surface area contributed by atoms with E-state index in [-0.39, 0.29) is 5.82 Å². The van der Waals surface area contributed by atoms with Gasteiger partial charge in [-0.05, 0) is 29.5 Å². The van der Waals surface area contributed by atoms with Crippen molar-refractivity contribution >= 4 is 34.0 Å². The van der Waals surface area contributed by atoms with Gasteiger partial charge in [0.2, 0.25) is 0 Å². The molecule has 0 atom stereocenters. The molecule has 2 N–H and O–H groups in total. The van der Waals surface area contributed by atoms with Crippen LogP contribution < -0.4 is 0 Å². The molecular weight excluding hydrogens is 305 g/mol. The number of carbonyl (C=O) groups excluding carboxylic acids is 1. The number of aryl methyl sites for hydroxylation is 1. The second-order valence-corrected chi connectivity index (χ2v) is 5.93. The van der Waals surface area contributed by atoms with Crippen molar-refractivity contribution in [2.75, 3.05) is 0 Å². The number of benzene rings is 1. The van der Waals surface area contributed by atoms with E-state index in [0.717, 1.165) is 16.5 Å². The Morgan fingerprint density at radius 3 is 2.86 bits per heavy atom. The van der Waals surface area contributed by atoms with Gasteiger partial charge in [-0.2, -0.15) is 0 Å². The molecule has 0 radical (unpaired) electrons. The Bertz CT molecular complexity index is 894. The van der Waals surface area contributed by atoms with Gasteiger partial charge < -0.3 is 10.1 Å². The summed E-state index contributed by atoms with van der Waals surface area (Å²) in [6.07, 6.45) is 1.17. The minimum atomic E-state index is -1.15. The zero-order valence-corrected chi connectivity index (χ0v) is 12.5. The lowest BCUT2D eigenvalue weighted by Crippen LogP contribution is -2.04. The summed E-state index contributed by atoms with van der Waals surface area (Å²) in [5.74, 6) is -1.86. The van der Waals surface area contributed by atoms with E-state index in [0.29, 0.717) is 16.0 Å². The Kier molecular flexibility index (Phi) is 3.54. The molecule has 0 amide bonds. The van der Waals surface area contributed by atoms with Gasteiger partial charge in [0, 0.05) is 17.1 Å². The number of aromatic nitrogens is 1. The normalized spacial score (nSPS) is 11.0. The van der Waals surface area contributed by atoms with Gasteiger partial charge in [-0.15, -0.1) is 11.3 Å². The molecule has 0 saturated heterocycles. The number of aromatic amines is 1. The first-order valence-electron chi connectivity index (χ1n) is 6.57.